The summed E-state index contributed by atoms with van der Waals surface area (Å²) >= 11 is 6.06. The van der Waals surface area contributed by atoms with Gasteiger partial charge in [-0.2, -0.15) is 0 Å². The summed E-state index contributed by atoms with van der Waals surface area (Å²) in [6.07, 6.45) is 0.825. The number of halogens is 1. The Kier molecular flexibility index (Phi) is 7.37. The van der Waals surface area contributed by atoms with Gasteiger partial charge in [-0.3, -0.25) is 14.2 Å². The average molecular weight is 488 g/mol. The first-order valence-corrected chi connectivity index (χ1v) is 12.3. The van der Waals surface area contributed by atoms with Crippen LogP contribution in [0.5, 0.6) is 0 Å². The van der Waals surface area contributed by atoms with Crippen LogP contribution in [0.25, 0.3) is 16.6 Å². The van der Waals surface area contributed by atoms with E-state index >= 15 is 0 Å². The summed E-state index contributed by atoms with van der Waals surface area (Å²) in [6.45, 7) is 8.75. The maximum atomic E-state index is 13.7. The van der Waals surface area contributed by atoms with Crippen molar-refractivity contribution < 1.29 is 4.79 Å². The van der Waals surface area contributed by atoms with Crippen molar-refractivity contribution in [1.29, 1.82) is 0 Å². The van der Waals surface area contributed by atoms with Gasteiger partial charge < -0.3 is 4.90 Å². The molecule has 1 amide bonds. The third kappa shape index (κ3) is 5.30. The number of hydrogen-bond acceptors (Lipinski definition) is 3. The maximum Gasteiger partial charge on any atom is 0.266 e. The van der Waals surface area contributed by atoms with Crippen LogP contribution >= 0.6 is 11.6 Å². The molecule has 0 aliphatic carbocycles. The van der Waals surface area contributed by atoms with Crippen molar-refractivity contribution in [2.24, 2.45) is 5.92 Å². The molecule has 1 atom stereocenters. The zero-order chi connectivity index (χ0) is 25.1. The van der Waals surface area contributed by atoms with Crippen molar-refractivity contribution in [3.05, 3.63) is 105 Å². The van der Waals surface area contributed by atoms with Crippen LogP contribution in [0.4, 0.5) is 0 Å². The van der Waals surface area contributed by atoms with Gasteiger partial charge in [-0.05, 0) is 74.7 Å². The topological polar surface area (TPSA) is 55.2 Å². The van der Waals surface area contributed by atoms with Crippen molar-refractivity contribution in [2.45, 2.75) is 40.2 Å². The molecule has 0 aliphatic rings. The standard InChI is InChI=1S/C29H30ClN3O2/c1-19(2)17-18-32(28(34)22-11-13-23(30)14-12-22)21(4)27-31-26-8-6-5-7-25(26)29(35)33(27)24-15-9-20(3)10-16-24/h5-16,19,21H,17-18H2,1-4H3. The number of benzene rings is 3. The largest absolute Gasteiger partial charge is 0.329 e. The SMILES string of the molecule is Cc1ccc(-n2c(C(C)N(CCC(C)C)C(=O)c3ccc(Cl)cc3)nc3ccccc3c2=O)cc1. The fourth-order valence-electron chi connectivity index (χ4n) is 4.14. The van der Waals surface area contributed by atoms with Gasteiger partial charge in [0.05, 0.1) is 22.6 Å². The van der Waals surface area contributed by atoms with Gasteiger partial charge in [0.1, 0.15) is 5.82 Å². The first kappa shape index (κ1) is 24.7. The van der Waals surface area contributed by atoms with Gasteiger partial charge in [-0.25, -0.2) is 4.98 Å². The van der Waals surface area contributed by atoms with Crippen LogP contribution in [0.1, 0.15) is 55.0 Å². The summed E-state index contributed by atoms with van der Waals surface area (Å²) < 4.78 is 1.64. The van der Waals surface area contributed by atoms with Gasteiger partial charge in [0.15, 0.2) is 0 Å². The molecule has 0 saturated heterocycles. The number of carbonyl (C=O) groups is 1. The Hall–Kier alpha value is -3.44. The minimum absolute atomic E-state index is 0.118. The van der Waals surface area contributed by atoms with E-state index in [9.17, 15) is 9.59 Å². The molecule has 180 valence electrons. The number of aryl methyl sites for hydroxylation is 1. The molecule has 0 fully saturated rings. The van der Waals surface area contributed by atoms with Crippen LogP contribution in [0.15, 0.2) is 77.6 Å². The lowest BCUT2D eigenvalue weighted by Crippen LogP contribution is -2.38. The number of para-hydroxylation sites is 1. The molecule has 3 aromatic carbocycles. The molecular weight excluding hydrogens is 458 g/mol. The smallest absolute Gasteiger partial charge is 0.266 e. The Morgan fingerprint density at radius 2 is 1.63 bits per heavy atom. The summed E-state index contributed by atoms with van der Waals surface area (Å²) in [7, 11) is 0. The van der Waals surface area contributed by atoms with Crippen LogP contribution in [0.3, 0.4) is 0 Å². The van der Waals surface area contributed by atoms with E-state index < -0.39 is 6.04 Å². The van der Waals surface area contributed by atoms with E-state index in [1.807, 2.05) is 61.2 Å². The number of aromatic nitrogens is 2. The third-order valence-corrected chi connectivity index (χ3v) is 6.49. The van der Waals surface area contributed by atoms with E-state index in [2.05, 4.69) is 13.8 Å². The van der Waals surface area contributed by atoms with Crippen molar-refractivity contribution in [3.63, 3.8) is 0 Å². The Balaban J connectivity index is 1.88. The first-order chi connectivity index (χ1) is 16.8. The van der Waals surface area contributed by atoms with Crippen LogP contribution in [0.2, 0.25) is 5.02 Å². The van der Waals surface area contributed by atoms with Crippen LogP contribution < -0.4 is 5.56 Å². The average Bonchev–Trinajstić information content (AvgIpc) is 2.85. The highest BCUT2D eigenvalue weighted by molar-refractivity contribution is 6.30. The van der Waals surface area contributed by atoms with E-state index in [4.69, 9.17) is 16.6 Å². The molecule has 5 nitrogen and oxygen atoms in total. The molecule has 1 unspecified atom stereocenters. The molecule has 0 N–H and O–H groups in total. The number of rotatable bonds is 7. The summed E-state index contributed by atoms with van der Waals surface area (Å²) in [5.41, 5.74) is 2.84. The highest BCUT2D eigenvalue weighted by atomic mass is 35.5. The van der Waals surface area contributed by atoms with E-state index in [1.165, 1.54) is 0 Å². The molecule has 0 aliphatic heterocycles. The summed E-state index contributed by atoms with van der Waals surface area (Å²) in [4.78, 5) is 34.1. The maximum absolute atomic E-state index is 13.7. The van der Waals surface area contributed by atoms with Gasteiger partial charge in [0.25, 0.3) is 11.5 Å². The first-order valence-electron chi connectivity index (χ1n) is 11.9. The lowest BCUT2D eigenvalue weighted by atomic mass is 10.1. The Bertz CT molecular complexity index is 1390. The van der Waals surface area contributed by atoms with Crippen molar-refractivity contribution in [2.75, 3.05) is 6.54 Å². The van der Waals surface area contributed by atoms with Gasteiger partial charge >= 0.3 is 0 Å². The Morgan fingerprint density at radius 3 is 2.29 bits per heavy atom. The second kappa shape index (κ2) is 10.4. The Morgan fingerprint density at radius 1 is 0.971 bits per heavy atom. The third-order valence-electron chi connectivity index (χ3n) is 6.23. The predicted molar refractivity (Wildman–Crippen MR) is 142 cm³/mol. The lowest BCUT2D eigenvalue weighted by Gasteiger charge is -2.31. The number of fused-ring (bicyclic) bond motifs is 1. The number of nitrogens with zero attached hydrogens (tertiary/aromatic N) is 3. The lowest BCUT2D eigenvalue weighted by molar-refractivity contribution is 0.0671. The molecular formula is C29H30ClN3O2. The molecule has 4 rings (SSSR count). The van der Waals surface area contributed by atoms with Crippen LogP contribution in [-0.2, 0) is 0 Å². The van der Waals surface area contributed by atoms with Crippen molar-refractivity contribution in [3.8, 4) is 5.69 Å². The zero-order valence-corrected chi connectivity index (χ0v) is 21.3. The molecule has 0 spiro atoms. The van der Waals surface area contributed by atoms with E-state index in [0.717, 1.165) is 17.7 Å². The summed E-state index contributed by atoms with van der Waals surface area (Å²) in [6, 6.07) is 21.6. The second-order valence-corrected chi connectivity index (χ2v) is 9.76. The highest BCUT2D eigenvalue weighted by Gasteiger charge is 2.27. The zero-order valence-electron chi connectivity index (χ0n) is 20.5. The molecule has 0 radical (unpaired) electrons. The molecule has 1 heterocycles. The molecule has 35 heavy (non-hydrogen) atoms. The van der Waals surface area contributed by atoms with Gasteiger partial charge in [0.2, 0.25) is 0 Å². The van der Waals surface area contributed by atoms with Gasteiger partial charge in [0, 0.05) is 17.1 Å². The number of carbonyl (C=O) groups excluding carboxylic acids is 1. The van der Waals surface area contributed by atoms with Crippen molar-refractivity contribution >= 4 is 28.4 Å². The van der Waals surface area contributed by atoms with Gasteiger partial charge in [-0.15, -0.1) is 0 Å². The molecule has 4 aromatic rings. The quantitative estimate of drug-likeness (QED) is 0.295. The normalized spacial score (nSPS) is 12.2. The monoisotopic (exact) mass is 487 g/mol. The summed E-state index contributed by atoms with van der Waals surface area (Å²) in [5.74, 6) is 0.822. The van der Waals surface area contributed by atoms with Crippen LogP contribution in [-0.4, -0.2) is 26.9 Å². The van der Waals surface area contributed by atoms with Gasteiger partial charge in [-0.1, -0.05) is 55.3 Å². The van der Waals surface area contributed by atoms with Crippen molar-refractivity contribution in [1.82, 2.24) is 14.5 Å². The molecule has 1 aromatic heterocycles. The predicted octanol–water partition coefficient (Wildman–Crippen LogP) is 6.60. The fraction of sp³-hybridized carbons (Fsp3) is 0.276. The van der Waals surface area contributed by atoms with E-state index in [0.29, 0.717) is 39.8 Å². The van der Waals surface area contributed by atoms with Crippen LogP contribution in [0, 0.1) is 12.8 Å². The second-order valence-electron chi connectivity index (χ2n) is 9.33. The minimum Gasteiger partial charge on any atom is -0.329 e. The van der Waals surface area contributed by atoms with E-state index in [-0.39, 0.29) is 11.5 Å². The molecule has 0 saturated carbocycles. The molecule has 0 bridgehead atoms. The Labute approximate surface area is 211 Å². The summed E-state index contributed by atoms with van der Waals surface area (Å²) in [5, 5.41) is 1.12. The minimum atomic E-state index is -0.449. The molecule has 6 heteroatoms. The fourth-order valence-corrected chi connectivity index (χ4v) is 4.27. The number of hydrogen-bond donors (Lipinski definition) is 0. The highest BCUT2D eigenvalue weighted by Crippen LogP contribution is 2.26. The number of amides is 1. The van der Waals surface area contributed by atoms with E-state index in [1.54, 1.807) is 34.9 Å².